The molecule has 4 nitrogen and oxygen atoms in total. The first-order valence-electron chi connectivity index (χ1n) is 9.55. The van der Waals surface area contributed by atoms with Gasteiger partial charge in [-0.25, -0.2) is 9.44 Å². The maximum atomic E-state index is 6.72. The Kier molecular flexibility index (Phi) is 6.90. The molecule has 2 aliphatic rings. The summed E-state index contributed by atoms with van der Waals surface area (Å²) in [5.74, 6) is 1.12. The number of halogens is 1. The molecule has 2 aliphatic carbocycles. The molecule has 1 heterocycles. The van der Waals surface area contributed by atoms with Gasteiger partial charge in [-0.1, -0.05) is 30.9 Å². The molecule has 0 spiro atoms. The second-order valence-corrected chi connectivity index (χ2v) is 8.77. The fraction of sp³-hybridized carbons (Fsp3) is 0.833. The van der Waals surface area contributed by atoms with Crippen molar-refractivity contribution in [2.45, 2.75) is 95.6 Å². The van der Waals surface area contributed by atoms with E-state index in [0.29, 0.717) is 23.9 Å². The van der Waals surface area contributed by atoms with Crippen molar-refractivity contribution < 1.29 is 0 Å². The molecule has 0 saturated heterocycles. The number of hydrogen-bond donors (Lipinski definition) is 3. The largest absolute Gasteiger partial charge is 0.280 e. The van der Waals surface area contributed by atoms with Gasteiger partial charge in [-0.15, -0.1) is 0 Å². The molecule has 24 heavy (non-hydrogen) atoms. The Balaban J connectivity index is 1.52. The van der Waals surface area contributed by atoms with Crippen LogP contribution in [0, 0.1) is 0 Å². The quantitative estimate of drug-likeness (QED) is 0.595. The average molecular weight is 371 g/mol. The van der Waals surface area contributed by atoms with Gasteiger partial charge in [0, 0.05) is 36.1 Å². The highest BCUT2D eigenvalue weighted by molar-refractivity contribution is 7.95. The Bertz CT molecular complexity index is 505. The molecule has 3 rings (SSSR count). The van der Waals surface area contributed by atoms with Crippen molar-refractivity contribution in [3.8, 4) is 0 Å². The standard InChI is InChI=1S/C18H31ClN4S/c1-12(2)22-24-23-15-10-8-14(9-11-15)18-16(19)17(20-21-18)13-6-4-3-5-7-13/h12-15,22-23H,3-11H2,1-2H3,(H,20,21). The van der Waals surface area contributed by atoms with Crippen LogP contribution in [0.2, 0.25) is 5.02 Å². The molecular weight excluding hydrogens is 340 g/mol. The third kappa shape index (κ3) is 4.69. The average Bonchev–Trinajstić information content (AvgIpc) is 2.97. The molecule has 2 saturated carbocycles. The highest BCUT2D eigenvalue weighted by Crippen LogP contribution is 2.41. The number of hydrogen-bond acceptors (Lipinski definition) is 4. The van der Waals surface area contributed by atoms with Gasteiger partial charge >= 0.3 is 0 Å². The van der Waals surface area contributed by atoms with E-state index < -0.39 is 0 Å². The van der Waals surface area contributed by atoms with E-state index in [1.807, 2.05) is 0 Å². The summed E-state index contributed by atoms with van der Waals surface area (Å²) in [6, 6.07) is 1.10. The second kappa shape index (κ2) is 8.93. The molecule has 1 aromatic heterocycles. The normalized spacial score (nSPS) is 26.2. The number of nitrogens with one attached hydrogen (secondary N) is 3. The molecule has 3 N–H and O–H groups in total. The van der Waals surface area contributed by atoms with E-state index in [9.17, 15) is 0 Å². The maximum absolute atomic E-state index is 6.72. The Labute approximate surface area is 155 Å². The van der Waals surface area contributed by atoms with E-state index in [-0.39, 0.29) is 0 Å². The molecule has 2 fully saturated rings. The Morgan fingerprint density at radius 3 is 2.42 bits per heavy atom. The van der Waals surface area contributed by atoms with Crippen LogP contribution in [-0.2, 0) is 0 Å². The highest BCUT2D eigenvalue weighted by atomic mass is 35.5. The second-order valence-electron chi connectivity index (χ2n) is 7.71. The lowest BCUT2D eigenvalue weighted by atomic mass is 9.83. The molecule has 136 valence electrons. The summed E-state index contributed by atoms with van der Waals surface area (Å²) in [6.07, 6.45) is 11.3. The summed E-state index contributed by atoms with van der Waals surface area (Å²) in [4.78, 5) is 0. The van der Waals surface area contributed by atoms with Crippen LogP contribution in [0.5, 0.6) is 0 Å². The molecule has 0 amide bonds. The van der Waals surface area contributed by atoms with Crippen molar-refractivity contribution >= 4 is 23.7 Å². The number of H-pyrrole nitrogens is 1. The van der Waals surface area contributed by atoms with Gasteiger partial charge in [0.1, 0.15) is 0 Å². The topological polar surface area (TPSA) is 52.7 Å². The van der Waals surface area contributed by atoms with Gasteiger partial charge in [-0.2, -0.15) is 5.10 Å². The predicted octanol–water partition coefficient (Wildman–Crippen LogP) is 5.29. The predicted molar refractivity (Wildman–Crippen MR) is 103 cm³/mol. The van der Waals surface area contributed by atoms with Crippen molar-refractivity contribution in [1.29, 1.82) is 0 Å². The summed E-state index contributed by atoms with van der Waals surface area (Å²) in [7, 11) is 0. The first kappa shape index (κ1) is 18.6. The molecule has 0 bridgehead atoms. The van der Waals surface area contributed by atoms with Gasteiger partial charge in [-0.3, -0.25) is 5.10 Å². The summed E-state index contributed by atoms with van der Waals surface area (Å²) >= 11 is 8.37. The van der Waals surface area contributed by atoms with Crippen LogP contribution < -0.4 is 9.44 Å². The van der Waals surface area contributed by atoms with Gasteiger partial charge in [0.2, 0.25) is 0 Å². The SMILES string of the molecule is CC(C)NSNC1CCC(c2[nH]nc(C3CCCCC3)c2Cl)CC1. The number of aromatic amines is 1. The van der Waals surface area contributed by atoms with Crippen LogP contribution >= 0.6 is 23.7 Å². The molecule has 0 aromatic carbocycles. The van der Waals surface area contributed by atoms with E-state index in [0.717, 1.165) is 10.7 Å². The minimum absolute atomic E-state index is 0.501. The van der Waals surface area contributed by atoms with Crippen LogP contribution in [0.25, 0.3) is 0 Å². The van der Waals surface area contributed by atoms with Gasteiger partial charge in [0.15, 0.2) is 0 Å². The van der Waals surface area contributed by atoms with Crippen molar-refractivity contribution in [3.05, 3.63) is 16.4 Å². The zero-order valence-electron chi connectivity index (χ0n) is 14.9. The molecule has 1 aromatic rings. The fourth-order valence-electron chi connectivity index (χ4n) is 4.01. The monoisotopic (exact) mass is 370 g/mol. The number of nitrogens with zero attached hydrogens (tertiary/aromatic N) is 1. The fourth-order valence-corrected chi connectivity index (χ4v) is 5.11. The summed E-state index contributed by atoms with van der Waals surface area (Å²) in [5, 5.41) is 8.85. The summed E-state index contributed by atoms with van der Waals surface area (Å²) in [6.45, 7) is 4.32. The van der Waals surface area contributed by atoms with E-state index in [2.05, 4.69) is 33.5 Å². The molecule has 0 unspecified atom stereocenters. The molecule has 0 radical (unpaired) electrons. The first-order chi connectivity index (χ1) is 11.6. The third-order valence-corrected chi connectivity index (χ3v) is 6.84. The van der Waals surface area contributed by atoms with Gasteiger partial charge in [0.05, 0.1) is 16.4 Å². The van der Waals surface area contributed by atoms with Crippen LogP contribution in [0.3, 0.4) is 0 Å². The zero-order valence-corrected chi connectivity index (χ0v) is 16.5. The van der Waals surface area contributed by atoms with Gasteiger partial charge < -0.3 is 0 Å². The minimum Gasteiger partial charge on any atom is -0.280 e. The highest BCUT2D eigenvalue weighted by Gasteiger charge is 2.29. The molecular formula is C18H31ClN4S. The van der Waals surface area contributed by atoms with E-state index in [1.54, 1.807) is 12.1 Å². The lowest BCUT2D eigenvalue weighted by Crippen LogP contribution is -2.32. The van der Waals surface area contributed by atoms with Crippen molar-refractivity contribution in [2.75, 3.05) is 0 Å². The van der Waals surface area contributed by atoms with Gasteiger partial charge in [0.25, 0.3) is 0 Å². The Morgan fingerprint density at radius 1 is 1.04 bits per heavy atom. The molecule has 6 heteroatoms. The van der Waals surface area contributed by atoms with Crippen LogP contribution in [0.1, 0.15) is 94.9 Å². The Hall–Kier alpha value is -0.230. The Morgan fingerprint density at radius 2 is 1.75 bits per heavy atom. The summed E-state index contributed by atoms with van der Waals surface area (Å²) in [5.41, 5.74) is 2.34. The summed E-state index contributed by atoms with van der Waals surface area (Å²) < 4.78 is 6.90. The molecule has 0 atom stereocenters. The third-order valence-electron chi connectivity index (χ3n) is 5.41. The first-order valence-corrected chi connectivity index (χ1v) is 10.7. The van der Waals surface area contributed by atoms with Crippen molar-refractivity contribution in [1.82, 2.24) is 19.6 Å². The lowest BCUT2D eigenvalue weighted by Gasteiger charge is -2.28. The van der Waals surface area contributed by atoms with E-state index in [4.69, 9.17) is 11.6 Å². The van der Waals surface area contributed by atoms with E-state index in [1.165, 1.54) is 63.5 Å². The maximum Gasteiger partial charge on any atom is 0.0853 e. The van der Waals surface area contributed by atoms with Gasteiger partial charge in [-0.05, 0) is 52.4 Å². The van der Waals surface area contributed by atoms with Crippen LogP contribution in [0.4, 0.5) is 0 Å². The smallest absolute Gasteiger partial charge is 0.0853 e. The van der Waals surface area contributed by atoms with E-state index >= 15 is 0 Å². The van der Waals surface area contributed by atoms with Crippen LogP contribution in [0.15, 0.2) is 0 Å². The van der Waals surface area contributed by atoms with Crippen molar-refractivity contribution in [3.63, 3.8) is 0 Å². The lowest BCUT2D eigenvalue weighted by molar-refractivity contribution is 0.376. The number of rotatable bonds is 6. The molecule has 0 aliphatic heterocycles. The number of aromatic nitrogens is 2. The zero-order chi connectivity index (χ0) is 16.9. The van der Waals surface area contributed by atoms with Crippen molar-refractivity contribution in [2.24, 2.45) is 0 Å². The minimum atomic E-state index is 0.501. The van der Waals surface area contributed by atoms with Crippen LogP contribution in [-0.4, -0.2) is 22.3 Å².